The minimum Gasteiger partial charge on any atom is -0.356 e. The van der Waals surface area contributed by atoms with Crippen molar-refractivity contribution in [1.29, 1.82) is 0 Å². The second-order valence-corrected chi connectivity index (χ2v) is 2.61. The summed E-state index contributed by atoms with van der Waals surface area (Å²) in [6, 6.07) is 12.2. The SMILES string of the molecule is O=[N+]([O-])[O-].c1ccc(-c2cc[nH+][nH]2)cc1. The Labute approximate surface area is 85.3 Å². The third-order valence-corrected chi connectivity index (χ3v) is 1.62. The molecule has 0 radical (unpaired) electrons. The van der Waals surface area contributed by atoms with Crippen molar-refractivity contribution in [1.82, 2.24) is 5.10 Å². The maximum Gasteiger partial charge on any atom is 0.193 e. The molecule has 0 fully saturated rings. The maximum atomic E-state index is 8.25. The van der Waals surface area contributed by atoms with Crippen molar-refractivity contribution in [3.05, 3.63) is 57.9 Å². The topological polar surface area (TPSA) is 96.1 Å². The number of H-pyrrole nitrogens is 2. The van der Waals surface area contributed by atoms with Crippen molar-refractivity contribution < 1.29 is 10.2 Å². The molecule has 1 aromatic heterocycles. The van der Waals surface area contributed by atoms with Crippen molar-refractivity contribution in [2.75, 3.05) is 0 Å². The Hall–Kier alpha value is -2.37. The molecule has 2 rings (SSSR count). The van der Waals surface area contributed by atoms with E-state index in [9.17, 15) is 0 Å². The van der Waals surface area contributed by atoms with Gasteiger partial charge in [0.25, 0.3) is 0 Å². The lowest BCUT2D eigenvalue weighted by Crippen LogP contribution is -1.98. The van der Waals surface area contributed by atoms with Gasteiger partial charge < -0.3 is 15.3 Å². The molecular weight excluding hydrogens is 198 g/mol. The lowest BCUT2D eigenvalue weighted by molar-refractivity contribution is -0.448. The first-order valence-electron chi connectivity index (χ1n) is 4.12. The van der Waals surface area contributed by atoms with Gasteiger partial charge in [0, 0.05) is 11.6 Å². The van der Waals surface area contributed by atoms with E-state index in [1.807, 2.05) is 30.5 Å². The highest BCUT2D eigenvalue weighted by Gasteiger charge is 1.97. The Morgan fingerprint density at radius 3 is 2.20 bits per heavy atom. The van der Waals surface area contributed by atoms with Crippen LogP contribution in [0, 0.1) is 15.3 Å². The molecule has 1 heterocycles. The molecular formula is C9H9N3O3. The van der Waals surface area contributed by atoms with Crippen LogP contribution in [-0.4, -0.2) is 10.2 Å². The highest BCUT2D eigenvalue weighted by molar-refractivity contribution is 5.57. The monoisotopic (exact) mass is 207 g/mol. The lowest BCUT2D eigenvalue weighted by Gasteiger charge is -1.91. The molecule has 0 aliphatic carbocycles. The molecule has 0 aliphatic rings. The molecule has 2 N–H and O–H groups in total. The van der Waals surface area contributed by atoms with Crippen LogP contribution in [0.2, 0.25) is 0 Å². The minimum atomic E-state index is -1.75. The van der Waals surface area contributed by atoms with Crippen LogP contribution in [0.25, 0.3) is 11.3 Å². The summed E-state index contributed by atoms with van der Waals surface area (Å²) in [5, 5.41) is 20.7. The summed E-state index contributed by atoms with van der Waals surface area (Å²) in [5.74, 6) is 0. The number of hydrogen-bond donors (Lipinski definition) is 1. The van der Waals surface area contributed by atoms with Gasteiger partial charge in [-0.1, -0.05) is 30.3 Å². The largest absolute Gasteiger partial charge is 0.356 e. The Bertz CT molecular complexity index is 396. The molecule has 0 saturated carbocycles. The Kier molecular flexibility index (Phi) is 3.84. The quantitative estimate of drug-likeness (QED) is 0.563. The van der Waals surface area contributed by atoms with Crippen molar-refractivity contribution in [3.63, 3.8) is 0 Å². The number of benzene rings is 1. The van der Waals surface area contributed by atoms with E-state index in [-0.39, 0.29) is 0 Å². The van der Waals surface area contributed by atoms with Crippen LogP contribution in [0.3, 0.4) is 0 Å². The van der Waals surface area contributed by atoms with E-state index in [2.05, 4.69) is 22.3 Å². The zero-order valence-electron chi connectivity index (χ0n) is 7.71. The average molecular weight is 207 g/mol. The van der Waals surface area contributed by atoms with Crippen LogP contribution in [0.5, 0.6) is 0 Å². The maximum absolute atomic E-state index is 8.25. The van der Waals surface area contributed by atoms with Crippen molar-refractivity contribution in [2.24, 2.45) is 0 Å². The molecule has 0 amide bonds. The predicted octanol–water partition coefficient (Wildman–Crippen LogP) is 1.26. The zero-order valence-corrected chi connectivity index (χ0v) is 7.71. The normalized spacial score (nSPS) is 8.80. The second-order valence-electron chi connectivity index (χ2n) is 2.61. The molecule has 6 nitrogen and oxygen atoms in total. The number of aromatic nitrogens is 2. The number of hydrogen-bond acceptors (Lipinski definition) is 3. The van der Waals surface area contributed by atoms with Gasteiger partial charge in [-0.25, -0.2) is 0 Å². The first-order valence-corrected chi connectivity index (χ1v) is 4.12. The smallest absolute Gasteiger partial charge is 0.193 e. The van der Waals surface area contributed by atoms with E-state index in [0.717, 1.165) is 5.69 Å². The van der Waals surface area contributed by atoms with Gasteiger partial charge in [-0.15, -0.1) is 5.10 Å². The third-order valence-electron chi connectivity index (χ3n) is 1.62. The Balaban J connectivity index is 0.000000245. The molecule has 0 saturated heterocycles. The summed E-state index contributed by atoms with van der Waals surface area (Å²) in [7, 11) is 0. The van der Waals surface area contributed by atoms with E-state index in [1.165, 1.54) is 5.56 Å². The highest BCUT2D eigenvalue weighted by atomic mass is 16.9. The molecule has 6 heteroatoms. The van der Waals surface area contributed by atoms with Crippen LogP contribution in [-0.2, 0) is 0 Å². The average Bonchev–Trinajstić information content (AvgIpc) is 2.71. The second kappa shape index (κ2) is 5.38. The summed E-state index contributed by atoms with van der Waals surface area (Å²) in [6.07, 6.45) is 1.88. The Morgan fingerprint density at radius 1 is 1.13 bits per heavy atom. The van der Waals surface area contributed by atoms with E-state index in [1.54, 1.807) is 0 Å². The van der Waals surface area contributed by atoms with Gasteiger partial charge >= 0.3 is 0 Å². The standard InChI is InChI=1S/C9H8N2.NO3/c1-2-4-8(5-3-1)9-6-7-10-11-9;2-1(3)4/h1-7H,(H,10,11);/q;-1/p+1. The minimum absolute atomic E-state index is 1.12. The van der Waals surface area contributed by atoms with Crippen LogP contribution in [0.15, 0.2) is 42.6 Å². The summed E-state index contributed by atoms with van der Waals surface area (Å²) < 4.78 is 0. The molecule has 15 heavy (non-hydrogen) atoms. The fourth-order valence-electron chi connectivity index (χ4n) is 1.07. The van der Waals surface area contributed by atoms with Crippen molar-refractivity contribution >= 4 is 0 Å². The summed E-state index contributed by atoms with van der Waals surface area (Å²) in [4.78, 5) is 8.25. The van der Waals surface area contributed by atoms with Crippen molar-refractivity contribution in [3.8, 4) is 11.3 Å². The fourth-order valence-corrected chi connectivity index (χ4v) is 1.07. The molecule has 0 bridgehead atoms. The van der Waals surface area contributed by atoms with Crippen LogP contribution in [0.4, 0.5) is 0 Å². The van der Waals surface area contributed by atoms with Gasteiger partial charge in [-0.05, 0) is 0 Å². The predicted molar refractivity (Wildman–Crippen MR) is 53.1 cm³/mol. The van der Waals surface area contributed by atoms with E-state index in [4.69, 9.17) is 15.3 Å². The molecule has 2 aromatic rings. The number of nitrogens with zero attached hydrogens (tertiary/aromatic N) is 1. The molecule has 0 atom stereocenters. The van der Waals surface area contributed by atoms with Crippen molar-refractivity contribution in [2.45, 2.75) is 0 Å². The van der Waals surface area contributed by atoms with E-state index < -0.39 is 5.09 Å². The summed E-state index contributed by atoms with van der Waals surface area (Å²) in [6.45, 7) is 0. The number of aromatic amines is 2. The number of nitrogens with one attached hydrogen (secondary N) is 2. The summed E-state index contributed by atoms with van der Waals surface area (Å²) >= 11 is 0. The Morgan fingerprint density at radius 2 is 1.73 bits per heavy atom. The van der Waals surface area contributed by atoms with Gasteiger partial charge in [0.15, 0.2) is 6.20 Å². The molecule has 0 spiro atoms. The molecule has 78 valence electrons. The summed E-state index contributed by atoms with van der Waals surface area (Å²) in [5.41, 5.74) is 2.32. The fraction of sp³-hybridized carbons (Fsp3) is 0. The van der Waals surface area contributed by atoms with Gasteiger partial charge in [-0.2, -0.15) is 5.10 Å². The van der Waals surface area contributed by atoms with Crippen LogP contribution >= 0.6 is 0 Å². The first-order chi connectivity index (χ1) is 7.20. The molecule has 0 unspecified atom stereocenters. The lowest BCUT2D eigenvalue weighted by atomic mass is 10.2. The van der Waals surface area contributed by atoms with Gasteiger partial charge in [0.1, 0.15) is 5.69 Å². The number of rotatable bonds is 1. The highest BCUT2D eigenvalue weighted by Crippen LogP contribution is 2.12. The zero-order chi connectivity index (χ0) is 11.1. The van der Waals surface area contributed by atoms with Gasteiger partial charge in [0.2, 0.25) is 0 Å². The third kappa shape index (κ3) is 3.90. The van der Waals surface area contributed by atoms with Gasteiger partial charge in [-0.3, -0.25) is 0 Å². The van der Waals surface area contributed by atoms with E-state index >= 15 is 0 Å². The molecule has 0 aliphatic heterocycles. The van der Waals surface area contributed by atoms with Crippen LogP contribution in [0.1, 0.15) is 0 Å². The molecule has 1 aromatic carbocycles. The van der Waals surface area contributed by atoms with Gasteiger partial charge in [0.05, 0.1) is 5.09 Å². The van der Waals surface area contributed by atoms with Crippen LogP contribution < -0.4 is 5.10 Å². The first kappa shape index (κ1) is 10.7. The van der Waals surface area contributed by atoms with E-state index in [0.29, 0.717) is 0 Å².